The van der Waals surface area contributed by atoms with Crippen molar-refractivity contribution in [2.24, 2.45) is 0 Å². The van der Waals surface area contributed by atoms with Crippen molar-refractivity contribution in [1.29, 1.82) is 0 Å². The number of benzene rings is 2. The number of imidazole rings is 1. The Bertz CT molecular complexity index is 793. The van der Waals surface area contributed by atoms with Gasteiger partial charge in [-0.25, -0.2) is 9.37 Å². The van der Waals surface area contributed by atoms with Gasteiger partial charge in [-0.1, -0.05) is 36.4 Å². The second-order valence-corrected chi connectivity index (χ2v) is 5.77. The van der Waals surface area contributed by atoms with E-state index >= 15 is 0 Å². The summed E-state index contributed by atoms with van der Waals surface area (Å²) >= 11 is 0. The molecule has 0 saturated heterocycles. The molecule has 0 N–H and O–H groups in total. The maximum atomic E-state index is 14.4. The van der Waals surface area contributed by atoms with Crippen LogP contribution < -0.4 is 0 Å². The summed E-state index contributed by atoms with van der Waals surface area (Å²) in [5.41, 5.74) is 4.67. The topological polar surface area (TPSA) is 17.8 Å². The van der Waals surface area contributed by atoms with Crippen LogP contribution in [-0.4, -0.2) is 9.55 Å². The van der Waals surface area contributed by atoms with Crippen LogP contribution in [0.25, 0.3) is 0 Å². The summed E-state index contributed by atoms with van der Waals surface area (Å²) in [5.74, 6) is -0.170. The fraction of sp³-hybridized carbons (Fsp3) is 0.211. The second-order valence-electron chi connectivity index (χ2n) is 5.77. The molecule has 0 aliphatic heterocycles. The first-order chi connectivity index (χ1) is 10.8. The highest BCUT2D eigenvalue weighted by atomic mass is 19.1. The molecule has 1 aliphatic rings. The van der Waals surface area contributed by atoms with Crippen molar-refractivity contribution in [2.75, 3.05) is 0 Å². The van der Waals surface area contributed by atoms with E-state index in [0.29, 0.717) is 5.56 Å². The van der Waals surface area contributed by atoms with Crippen LogP contribution in [0.4, 0.5) is 4.39 Å². The molecule has 0 saturated carbocycles. The average molecular weight is 292 g/mol. The molecule has 0 spiro atoms. The molecule has 3 aromatic rings. The number of fused-ring (bicyclic) bond motifs is 1. The van der Waals surface area contributed by atoms with E-state index in [2.05, 4.69) is 23.2 Å². The lowest BCUT2D eigenvalue weighted by Crippen LogP contribution is -2.14. The third-order valence-corrected chi connectivity index (χ3v) is 4.50. The van der Waals surface area contributed by atoms with Crippen LogP contribution in [0.1, 0.15) is 34.7 Å². The van der Waals surface area contributed by atoms with Crippen LogP contribution in [0, 0.1) is 5.82 Å². The smallest absolute Gasteiger partial charge is 0.128 e. The zero-order valence-electron chi connectivity index (χ0n) is 12.2. The third-order valence-electron chi connectivity index (χ3n) is 4.50. The van der Waals surface area contributed by atoms with Gasteiger partial charge < -0.3 is 4.57 Å². The molecule has 1 atom stereocenters. The Morgan fingerprint density at radius 2 is 1.86 bits per heavy atom. The van der Waals surface area contributed by atoms with Crippen LogP contribution in [0.15, 0.2) is 61.2 Å². The van der Waals surface area contributed by atoms with E-state index in [9.17, 15) is 4.39 Å². The summed E-state index contributed by atoms with van der Waals surface area (Å²) in [7, 11) is 0. The number of hydrogen-bond donors (Lipinski definition) is 0. The highest BCUT2D eigenvalue weighted by Gasteiger charge is 2.24. The van der Waals surface area contributed by atoms with Crippen molar-refractivity contribution < 1.29 is 4.39 Å². The van der Waals surface area contributed by atoms with E-state index in [1.807, 2.05) is 22.9 Å². The third kappa shape index (κ3) is 2.13. The largest absolute Gasteiger partial charge is 0.326 e. The molecule has 1 unspecified atom stereocenters. The minimum atomic E-state index is -0.170. The first kappa shape index (κ1) is 13.3. The first-order valence-electron chi connectivity index (χ1n) is 7.67. The predicted molar refractivity (Wildman–Crippen MR) is 84.3 cm³/mol. The van der Waals surface area contributed by atoms with Gasteiger partial charge in [0, 0.05) is 18.0 Å². The van der Waals surface area contributed by atoms with Crippen molar-refractivity contribution in [1.82, 2.24) is 9.55 Å². The van der Waals surface area contributed by atoms with Crippen LogP contribution in [0.3, 0.4) is 0 Å². The summed E-state index contributed by atoms with van der Waals surface area (Å²) < 4.78 is 16.4. The number of rotatable bonds is 3. The van der Waals surface area contributed by atoms with Crippen molar-refractivity contribution in [3.63, 3.8) is 0 Å². The molecule has 110 valence electrons. The van der Waals surface area contributed by atoms with E-state index in [1.165, 1.54) is 29.2 Å². The average Bonchev–Trinajstić information content (AvgIpc) is 3.21. The van der Waals surface area contributed by atoms with Crippen molar-refractivity contribution in [3.8, 4) is 0 Å². The van der Waals surface area contributed by atoms with Gasteiger partial charge in [-0.05, 0) is 42.0 Å². The number of aryl methyl sites for hydroxylation is 1. The Morgan fingerprint density at radius 1 is 1.00 bits per heavy atom. The Morgan fingerprint density at radius 3 is 2.68 bits per heavy atom. The molecule has 0 amide bonds. The number of aromatic nitrogens is 2. The van der Waals surface area contributed by atoms with Gasteiger partial charge in [0.2, 0.25) is 0 Å². The van der Waals surface area contributed by atoms with E-state index in [-0.39, 0.29) is 11.9 Å². The van der Waals surface area contributed by atoms with Gasteiger partial charge in [0.15, 0.2) is 0 Å². The van der Waals surface area contributed by atoms with Gasteiger partial charge in [0.05, 0.1) is 12.4 Å². The molecule has 0 fully saturated rings. The van der Waals surface area contributed by atoms with Crippen LogP contribution >= 0.6 is 0 Å². The Hall–Kier alpha value is -2.42. The van der Waals surface area contributed by atoms with Crippen molar-refractivity contribution >= 4 is 0 Å². The molecule has 2 aromatic carbocycles. The van der Waals surface area contributed by atoms with Gasteiger partial charge in [-0.2, -0.15) is 0 Å². The van der Waals surface area contributed by atoms with E-state index in [4.69, 9.17) is 0 Å². The SMILES string of the molecule is Fc1ccccc1C(c1cccc2c1CCC2)n1ccnc1. The normalized spacial score (nSPS) is 14.8. The monoisotopic (exact) mass is 292 g/mol. The molecular formula is C19H17FN2. The van der Waals surface area contributed by atoms with E-state index in [0.717, 1.165) is 12.8 Å². The van der Waals surface area contributed by atoms with Gasteiger partial charge >= 0.3 is 0 Å². The molecule has 4 rings (SSSR count). The number of nitrogens with zero attached hydrogens (tertiary/aromatic N) is 2. The lowest BCUT2D eigenvalue weighted by Gasteiger charge is -2.23. The van der Waals surface area contributed by atoms with Crippen LogP contribution in [0.2, 0.25) is 0 Å². The Balaban J connectivity index is 1.93. The summed E-state index contributed by atoms with van der Waals surface area (Å²) in [5, 5.41) is 0. The molecule has 1 heterocycles. The molecule has 3 heteroatoms. The van der Waals surface area contributed by atoms with Gasteiger partial charge in [-0.3, -0.25) is 0 Å². The Kier molecular flexibility index (Phi) is 3.26. The lowest BCUT2D eigenvalue weighted by molar-refractivity contribution is 0.570. The van der Waals surface area contributed by atoms with Crippen LogP contribution in [0.5, 0.6) is 0 Å². The summed E-state index contributed by atoms with van der Waals surface area (Å²) in [6.07, 6.45) is 8.80. The predicted octanol–water partition coefficient (Wildman–Crippen LogP) is 4.15. The maximum Gasteiger partial charge on any atom is 0.128 e. The fourth-order valence-corrected chi connectivity index (χ4v) is 3.51. The maximum absolute atomic E-state index is 14.4. The highest BCUT2D eigenvalue weighted by molar-refractivity contribution is 5.45. The molecule has 0 bridgehead atoms. The minimum absolute atomic E-state index is 0.156. The quantitative estimate of drug-likeness (QED) is 0.709. The molecule has 1 aromatic heterocycles. The van der Waals surface area contributed by atoms with Gasteiger partial charge in [0.25, 0.3) is 0 Å². The van der Waals surface area contributed by atoms with Gasteiger partial charge in [-0.15, -0.1) is 0 Å². The highest BCUT2D eigenvalue weighted by Crippen LogP contribution is 2.35. The second kappa shape index (κ2) is 5.41. The van der Waals surface area contributed by atoms with E-state index < -0.39 is 0 Å². The minimum Gasteiger partial charge on any atom is -0.326 e. The molecule has 22 heavy (non-hydrogen) atoms. The lowest BCUT2D eigenvalue weighted by atomic mass is 9.92. The van der Waals surface area contributed by atoms with Crippen LogP contribution in [-0.2, 0) is 12.8 Å². The number of hydrogen-bond acceptors (Lipinski definition) is 1. The summed E-state index contributed by atoms with van der Waals surface area (Å²) in [4.78, 5) is 4.16. The first-order valence-corrected chi connectivity index (χ1v) is 7.67. The van der Waals surface area contributed by atoms with Crippen molar-refractivity contribution in [3.05, 3.63) is 89.3 Å². The molecule has 1 aliphatic carbocycles. The number of halogens is 1. The van der Waals surface area contributed by atoms with Crippen molar-refractivity contribution in [2.45, 2.75) is 25.3 Å². The molecule has 2 nitrogen and oxygen atoms in total. The summed E-state index contributed by atoms with van der Waals surface area (Å²) in [6.45, 7) is 0. The Labute approximate surface area is 129 Å². The fourth-order valence-electron chi connectivity index (χ4n) is 3.51. The summed E-state index contributed by atoms with van der Waals surface area (Å²) in [6, 6.07) is 13.3. The molecular weight excluding hydrogens is 275 g/mol. The molecule has 0 radical (unpaired) electrons. The zero-order valence-corrected chi connectivity index (χ0v) is 12.2. The van der Waals surface area contributed by atoms with E-state index in [1.54, 1.807) is 18.6 Å². The zero-order chi connectivity index (χ0) is 14.9. The van der Waals surface area contributed by atoms with Gasteiger partial charge in [0.1, 0.15) is 5.82 Å². The standard InChI is InChI=1S/C19H17FN2/c20-18-10-2-1-7-17(18)19(22-12-11-21-13-22)16-9-4-6-14-5-3-8-15(14)16/h1-2,4,6-7,9-13,19H,3,5,8H2.